The monoisotopic (exact) mass is 149 g/mol. The normalized spacial score (nSPS) is 12.0. The van der Waals surface area contributed by atoms with Gasteiger partial charge >= 0.3 is 6.18 Å². The third kappa shape index (κ3) is 1.15. The van der Waals surface area contributed by atoms with Gasteiger partial charge in [0.1, 0.15) is 0 Å². The van der Waals surface area contributed by atoms with Crippen LogP contribution in [0.4, 0.5) is 13.2 Å². The van der Waals surface area contributed by atoms with Crippen LogP contribution in [-0.4, -0.2) is 4.98 Å². The smallest absolute Gasteiger partial charge is 0.367 e. The molecule has 0 aromatic carbocycles. The van der Waals surface area contributed by atoms with Gasteiger partial charge in [0.2, 0.25) is 0 Å². The van der Waals surface area contributed by atoms with E-state index >= 15 is 0 Å². The molecule has 1 aromatic rings. The lowest BCUT2D eigenvalue weighted by atomic mass is 10.2. The number of H-pyrrole nitrogens is 1. The highest BCUT2D eigenvalue weighted by Gasteiger charge is 2.32. The molecule has 0 aliphatic carbocycles. The molecule has 0 atom stereocenters. The van der Waals surface area contributed by atoms with Crippen LogP contribution in [0.5, 0.6) is 0 Å². The summed E-state index contributed by atoms with van der Waals surface area (Å²) in [5.41, 5.74) is -0.361. The number of rotatable bonds is 0. The van der Waals surface area contributed by atoms with E-state index in [0.717, 1.165) is 6.20 Å². The van der Waals surface area contributed by atoms with E-state index in [4.69, 9.17) is 0 Å². The average Bonchev–Trinajstić information content (AvgIpc) is 2.11. The summed E-state index contributed by atoms with van der Waals surface area (Å²) in [6.45, 7) is 1.42. The molecule has 0 saturated carbocycles. The third-order valence-corrected chi connectivity index (χ3v) is 1.26. The highest BCUT2D eigenvalue weighted by molar-refractivity contribution is 5.24. The molecule has 0 amide bonds. The van der Waals surface area contributed by atoms with Gasteiger partial charge in [-0.25, -0.2) is 0 Å². The number of aromatic nitrogens is 1. The molecule has 1 aromatic heterocycles. The Labute approximate surface area is 55.9 Å². The van der Waals surface area contributed by atoms with Crippen LogP contribution in [0.3, 0.4) is 0 Å². The molecule has 0 saturated heterocycles. The van der Waals surface area contributed by atoms with Crippen molar-refractivity contribution in [1.29, 1.82) is 0 Å². The number of hydrogen-bond acceptors (Lipinski definition) is 0. The Kier molecular flexibility index (Phi) is 1.46. The zero-order chi connectivity index (χ0) is 7.78. The lowest BCUT2D eigenvalue weighted by Crippen LogP contribution is -2.04. The van der Waals surface area contributed by atoms with Gasteiger partial charge in [-0.2, -0.15) is 13.2 Å². The van der Waals surface area contributed by atoms with E-state index in [1.54, 1.807) is 0 Å². The van der Waals surface area contributed by atoms with E-state index in [1.807, 2.05) is 0 Å². The largest absolute Gasteiger partial charge is 0.418 e. The van der Waals surface area contributed by atoms with Gasteiger partial charge in [-0.05, 0) is 12.5 Å². The quantitative estimate of drug-likeness (QED) is 0.582. The SMILES string of the molecule is Cc1c[nH]cc1C(F)(F)F. The van der Waals surface area contributed by atoms with Crippen LogP contribution in [-0.2, 0) is 6.18 Å². The van der Waals surface area contributed by atoms with E-state index in [2.05, 4.69) is 4.98 Å². The number of halogens is 3. The molecule has 56 valence electrons. The van der Waals surface area contributed by atoms with Crippen molar-refractivity contribution in [2.75, 3.05) is 0 Å². The molecule has 1 rings (SSSR count). The van der Waals surface area contributed by atoms with Crippen molar-refractivity contribution < 1.29 is 13.2 Å². The Bertz CT molecular complexity index is 223. The van der Waals surface area contributed by atoms with Crippen molar-refractivity contribution in [3.8, 4) is 0 Å². The lowest BCUT2D eigenvalue weighted by Gasteiger charge is -2.03. The number of aryl methyl sites for hydroxylation is 1. The molecule has 0 radical (unpaired) electrons. The van der Waals surface area contributed by atoms with Crippen LogP contribution in [0.1, 0.15) is 11.1 Å². The minimum Gasteiger partial charge on any atom is -0.367 e. The van der Waals surface area contributed by atoms with Crippen LogP contribution in [0, 0.1) is 6.92 Å². The maximum absolute atomic E-state index is 11.9. The van der Waals surface area contributed by atoms with Gasteiger partial charge in [-0.3, -0.25) is 0 Å². The molecule has 0 bridgehead atoms. The van der Waals surface area contributed by atoms with Crippen LogP contribution in [0.25, 0.3) is 0 Å². The highest BCUT2D eigenvalue weighted by atomic mass is 19.4. The molecule has 0 fully saturated rings. The Morgan fingerprint density at radius 2 is 1.90 bits per heavy atom. The minimum absolute atomic E-state index is 0.229. The Morgan fingerprint density at radius 1 is 1.30 bits per heavy atom. The van der Waals surface area contributed by atoms with Crippen LogP contribution >= 0.6 is 0 Å². The van der Waals surface area contributed by atoms with Crippen molar-refractivity contribution in [2.24, 2.45) is 0 Å². The molecular weight excluding hydrogens is 143 g/mol. The summed E-state index contributed by atoms with van der Waals surface area (Å²) in [6, 6.07) is 0. The van der Waals surface area contributed by atoms with Gasteiger partial charge in [0.05, 0.1) is 5.56 Å². The fourth-order valence-electron chi connectivity index (χ4n) is 0.747. The van der Waals surface area contributed by atoms with Gasteiger partial charge in [-0.15, -0.1) is 0 Å². The van der Waals surface area contributed by atoms with Crippen molar-refractivity contribution in [2.45, 2.75) is 13.1 Å². The van der Waals surface area contributed by atoms with Gasteiger partial charge in [0.25, 0.3) is 0 Å². The second kappa shape index (κ2) is 2.04. The molecule has 1 N–H and O–H groups in total. The fourth-order valence-corrected chi connectivity index (χ4v) is 0.747. The molecule has 0 spiro atoms. The van der Waals surface area contributed by atoms with E-state index in [-0.39, 0.29) is 5.56 Å². The number of aromatic amines is 1. The maximum Gasteiger partial charge on any atom is 0.418 e. The molecule has 0 aliphatic rings. The Morgan fingerprint density at radius 3 is 2.10 bits per heavy atom. The van der Waals surface area contributed by atoms with Crippen LogP contribution in [0.15, 0.2) is 12.4 Å². The molecule has 0 unspecified atom stereocenters. The van der Waals surface area contributed by atoms with Gasteiger partial charge < -0.3 is 4.98 Å². The summed E-state index contributed by atoms with van der Waals surface area (Å²) >= 11 is 0. The van der Waals surface area contributed by atoms with Crippen molar-refractivity contribution in [3.05, 3.63) is 23.5 Å². The van der Waals surface area contributed by atoms with Crippen molar-refractivity contribution >= 4 is 0 Å². The summed E-state index contributed by atoms with van der Waals surface area (Å²) in [7, 11) is 0. The standard InChI is InChI=1S/C6H6F3N/c1-4-2-10-3-5(4)6(7,8)9/h2-3,10H,1H3. The Hall–Kier alpha value is -0.930. The zero-order valence-electron chi connectivity index (χ0n) is 5.29. The van der Waals surface area contributed by atoms with Crippen LogP contribution < -0.4 is 0 Å². The summed E-state index contributed by atoms with van der Waals surface area (Å²) in [6.07, 6.45) is -1.94. The van der Waals surface area contributed by atoms with E-state index in [0.29, 0.717) is 0 Å². The van der Waals surface area contributed by atoms with Gasteiger partial charge in [-0.1, -0.05) is 0 Å². The summed E-state index contributed by atoms with van der Waals surface area (Å²) in [5, 5.41) is 0. The molecule has 0 aliphatic heterocycles. The van der Waals surface area contributed by atoms with Gasteiger partial charge in [0, 0.05) is 12.4 Å². The number of nitrogens with one attached hydrogen (secondary N) is 1. The molecule has 1 nitrogen and oxygen atoms in total. The Balaban J connectivity index is 3.05. The summed E-state index contributed by atoms with van der Waals surface area (Å²) in [4.78, 5) is 2.38. The molecule has 1 heterocycles. The predicted octanol–water partition coefficient (Wildman–Crippen LogP) is 2.34. The molecule has 4 heteroatoms. The van der Waals surface area contributed by atoms with Gasteiger partial charge in [0.15, 0.2) is 0 Å². The van der Waals surface area contributed by atoms with E-state index in [1.165, 1.54) is 13.1 Å². The van der Waals surface area contributed by atoms with E-state index in [9.17, 15) is 13.2 Å². The second-order valence-electron chi connectivity index (χ2n) is 2.05. The predicted molar refractivity (Wildman–Crippen MR) is 30.5 cm³/mol. The topological polar surface area (TPSA) is 15.8 Å². The average molecular weight is 149 g/mol. The summed E-state index contributed by atoms with van der Waals surface area (Å²) < 4.78 is 35.6. The molecular formula is C6H6F3N. The number of hydrogen-bond donors (Lipinski definition) is 1. The summed E-state index contributed by atoms with van der Waals surface area (Å²) in [5.74, 6) is 0. The van der Waals surface area contributed by atoms with Crippen LogP contribution in [0.2, 0.25) is 0 Å². The van der Waals surface area contributed by atoms with Crippen molar-refractivity contribution in [3.63, 3.8) is 0 Å². The first-order valence-corrected chi connectivity index (χ1v) is 2.72. The van der Waals surface area contributed by atoms with Crippen molar-refractivity contribution in [1.82, 2.24) is 4.98 Å². The maximum atomic E-state index is 11.9. The highest BCUT2D eigenvalue weighted by Crippen LogP contribution is 2.30. The zero-order valence-corrected chi connectivity index (χ0v) is 5.29. The first-order valence-electron chi connectivity index (χ1n) is 2.72. The lowest BCUT2D eigenvalue weighted by molar-refractivity contribution is -0.137. The first-order chi connectivity index (χ1) is 4.52. The third-order valence-electron chi connectivity index (χ3n) is 1.26. The minimum atomic E-state index is -4.22. The number of alkyl halides is 3. The van der Waals surface area contributed by atoms with E-state index < -0.39 is 11.7 Å². The second-order valence-corrected chi connectivity index (χ2v) is 2.05. The molecule has 10 heavy (non-hydrogen) atoms. The first kappa shape index (κ1) is 7.18. The fraction of sp³-hybridized carbons (Fsp3) is 0.333.